The molecule has 0 aromatic heterocycles. The Kier molecular flexibility index (Phi) is 8.90. The molecule has 2 fully saturated rings. The van der Waals surface area contributed by atoms with Gasteiger partial charge in [-0.1, -0.05) is 17.7 Å². The Labute approximate surface area is 244 Å². The van der Waals surface area contributed by atoms with Crippen LogP contribution in [0.1, 0.15) is 18.4 Å². The lowest BCUT2D eigenvalue weighted by Gasteiger charge is -2.36. The quantitative estimate of drug-likeness (QED) is 0.369. The van der Waals surface area contributed by atoms with Crippen molar-refractivity contribution in [2.75, 3.05) is 54.4 Å². The maximum atomic E-state index is 13.6. The van der Waals surface area contributed by atoms with E-state index < -0.39 is 11.9 Å². The van der Waals surface area contributed by atoms with Crippen LogP contribution in [0.25, 0.3) is 0 Å². The van der Waals surface area contributed by atoms with E-state index in [1.54, 1.807) is 0 Å². The molecule has 0 bridgehead atoms. The summed E-state index contributed by atoms with van der Waals surface area (Å²) in [5, 5.41) is 3.15. The number of hydrogen-bond acceptors (Lipinski definition) is 5. The van der Waals surface area contributed by atoms with Gasteiger partial charge in [-0.2, -0.15) is 0 Å². The predicted octanol–water partition coefficient (Wildman–Crippen LogP) is 4.82. The second-order valence-corrected chi connectivity index (χ2v) is 10.8. The lowest BCUT2D eigenvalue weighted by Crippen LogP contribution is -2.47. The van der Waals surface area contributed by atoms with Gasteiger partial charge in [0.15, 0.2) is 5.11 Å². The summed E-state index contributed by atoms with van der Waals surface area (Å²) < 4.78 is 26.6. The number of thiocarbonyl (C=S) groups is 1. The van der Waals surface area contributed by atoms with Crippen LogP contribution in [0.2, 0.25) is 0 Å². The molecule has 0 radical (unpaired) electrons. The van der Waals surface area contributed by atoms with E-state index in [9.17, 15) is 18.4 Å². The number of carbonyl (C=O) groups excluding carboxylic acids is 2. The van der Waals surface area contributed by atoms with Crippen LogP contribution in [0, 0.1) is 18.6 Å². The Hall–Kier alpha value is -3.89. The number of anilines is 3. The minimum atomic E-state index is -0.737. The number of halogens is 2. The molecule has 3 aromatic rings. The summed E-state index contributed by atoms with van der Waals surface area (Å²) in [7, 11) is 0. The molecular formula is C31H33F2N5O2S. The first-order chi connectivity index (χ1) is 19.8. The van der Waals surface area contributed by atoms with E-state index in [0.29, 0.717) is 23.0 Å². The molecule has 0 aliphatic carbocycles. The lowest BCUT2D eigenvalue weighted by molar-refractivity contribution is -0.124. The second kappa shape index (κ2) is 12.7. The smallest absolute Gasteiger partial charge is 0.256 e. The maximum Gasteiger partial charge on any atom is 0.256 e. The van der Waals surface area contributed by atoms with Gasteiger partial charge >= 0.3 is 0 Å². The van der Waals surface area contributed by atoms with Gasteiger partial charge in [-0.05, 0) is 92.8 Å². The van der Waals surface area contributed by atoms with Gasteiger partial charge in [-0.3, -0.25) is 19.4 Å². The molecule has 3 aromatic carbocycles. The largest absolute Gasteiger partial charge is 0.369 e. The number of carbonyl (C=O) groups is 2. The minimum Gasteiger partial charge on any atom is -0.369 e. The number of rotatable bonds is 9. The number of nitrogens with zero attached hydrogens (tertiary/aromatic N) is 4. The molecule has 10 heteroatoms. The molecule has 5 rings (SSSR count). The molecule has 41 heavy (non-hydrogen) atoms. The number of amides is 2. The topological polar surface area (TPSA) is 59.1 Å². The second-order valence-electron chi connectivity index (χ2n) is 10.4. The first kappa shape index (κ1) is 28.6. The van der Waals surface area contributed by atoms with Crippen LogP contribution in [0.4, 0.5) is 25.8 Å². The number of piperazine rings is 1. The van der Waals surface area contributed by atoms with Crippen molar-refractivity contribution in [3.63, 3.8) is 0 Å². The Bertz CT molecular complexity index is 1380. The van der Waals surface area contributed by atoms with Crippen molar-refractivity contribution in [2.45, 2.75) is 25.8 Å². The zero-order chi connectivity index (χ0) is 28.9. The summed E-state index contributed by atoms with van der Waals surface area (Å²) >= 11 is 5.79. The fourth-order valence-electron chi connectivity index (χ4n) is 5.29. The summed E-state index contributed by atoms with van der Waals surface area (Å²) in [6.45, 7) is 6.77. The fourth-order valence-corrected chi connectivity index (χ4v) is 5.70. The van der Waals surface area contributed by atoms with Gasteiger partial charge in [0.05, 0.1) is 12.1 Å². The molecule has 2 aliphatic heterocycles. The third-order valence-corrected chi connectivity index (χ3v) is 7.97. The van der Waals surface area contributed by atoms with E-state index in [1.807, 2.05) is 48.2 Å². The SMILES string of the molecule is Cc1ccc(N2C(=O)C(CC(=O)Nc3ccc(F)cc3)N(CCCN3CCN(c4ccc(F)cc4)CC3)C2=S)cc1. The molecule has 1 N–H and O–H groups in total. The molecule has 2 amide bonds. The Morgan fingerprint density at radius 2 is 1.44 bits per heavy atom. The summed E-state index contributed by atoms with van der Waals surface area (Å²) in [5.41, 5.74) is 3.22. The van der Waals surface area contributed by atoms with Crippen molar-refractivity contribution in [1.82, 2.24) is 9.80 Å². The molecule has 1 atom stereocenters. The van der Waals surface area contributed by atoms with Crippen LogP contribution in [0.15, 0.2) is 72.8 Å². The third kappa shape index (κ3) is 6.89. The average molecular weight is 578 g/mol. The van der Waals surface area contributed by atoms with Gasteiger partial charge in [0.1, 0.15) is 17.7 Å². The fraction of sp³-hybridized carbons (Fsp3) is 0.323. The predicted molar refractivity (Wildman–Crippen MR) is 161 cm³/mol. The molecule has 2 aliphatic rings. The number of hydrogen-bond donors (Lipinski definition) is 1. The van der Waals surface area contributed by atoms with Crippen LogP contribution in [0.5, 0.6) is 0 Å². The highest BCUT2D eigenvalue weighted by Crippen LogP contribution is 2.28. The monoisotopic (exact) mass is 577 g/mol. The van der Waals surface area contributed by atoms with Gasteiger partial charge in [0, 0.05) is 44.1 Å². The van der Waals surface area contributed by atoms with E-state index in [4.69, 9.17) is 12.2 Å². The highest BCUT2D eigenvalue weighted by Gasteiger charge is 2.43. The standard InChI is InChI=1S/C31H33F2N5O2S/c1-22-3-11-27(12-4-22)38-30(40)28(21-29(39)34-25-9-5-23(32)6-10-25)37(31(38)41)16-2-15-35-17-19-36(20-18-35)26-13-7-24(33)8-14-26/h3-14,28H,2,15-21H2,1H3,(H,34,39). The van der Waals surface area contributed by atoms with Crippen LogP contribution in [0.3, 0.4) is 0 Å². The minimum absolute atomic E-state index is 0.0743. The van der Waals surface area contributed by atoms with Gasteiger partial charge in [-0.15, -0.1) is 0 Å². The zero-order valence-corrected chi connectivity index (χ0v) is 23.7. The van der Waals surface area contributed by atoms with E-state index in [0.717, 1.165) is 50.4 Å². The number of benzene rings is 3. The van der Waals surface area contributed by atoms with Crippen molar-refractivity contribution in [2.24, 2.45) is 0 Å². The summed E-state index contributed by atoms with van der Waals surface area (Å²) in [6.07, 6.45) is 0.691. The molecule has 0 saturated carbocycles. The van der Waals surface area contributed by atoms with E-state index in [1.165, 1.54) is 41.3 Å². The average Bonchev–Trinajstić information content (AvgIpc) is 3.19. The van der Waals surface area contributed by atoms with E-state index in [-0.39, 0.29) is 24.1 Å². The highest BCUT2D eigenvalue weighted by atomic mass is 32.1. The van der Waals surface area contributed by atoms with Crippen molar-refractivity contribution in [3.8, 4) is 0 Å². The van der Waals surface area contributed by atoms with E-state index >= 15 is 0 Å². The Balaban J connectivity index is 1.22. The van der Waals surface area contributed by atoms with Crippen LogP contribution < -0.4 is 15.1 Å². The van der Waals surface area contributed by atoms with Crippen LogP contribution in [-0.2, 0) is 9.59 Å². The molecule has 2 saturated heterocycles. The van der Waals surface area contributed by atoms with E-state index in [2.05, 4.69) is 15.1 Å². The Morgan fingerprint density at radius 3 is 2.07 bits per heavy atom. The van der Waals surface area contributed by atoms with Gasteiger partial charge in [0.2, 0.25) is 5.91 Å². The van der Waals surface area contributed by atoms with Crippen LogP contribution in [-0.4, -0.2) is 72.0 Å². The zero-order valence-electron chi connectivity index (χ0n) is 22.9. The summed E-state index contributed by atoms with van der Waals surface area (Å²) in [4.78, 5) is 34.6. The molecule has 2 heterocycles. The molecule has 214 valence electrons. The van der Waals surface area contributed by atoms with Gasteiger partial charge < -0.3 is 15.1 Å². The normalized spacial score (nSPS) is 17.8. The molecule has 7 nitrogen and oxygen atoms in total. The van der Waals surface area contributed by atoms with Crippen molar-refractivity contribution >= 4 is 46.2 Å². The van der Waals surface area contributed by atoms with Crippen molar-refractivity contribution < 1.29 is 18.4 Å². The highest BCUT2D eigenvalue weighted by molar-refractivity contribution is 7.80. The molecule has 0 spiro atoms. The number of nitrogens with one attached hydrogen (secondary N) is 1. The molecule has 1 unspecified atom stereocenters. The van der Waals surface area contributed by atoms with Gasteiger partial charge in [0.25, 0.3) is 5.91 Å². The van der Waals surface area contributed by atoms with Crippen molar-refractivity contribution in [3.05, 3.63) is 90.0 Å². The Morgan fingerprint density at radius 1 is 0.854 bits per heavy atom. The van der Waals surface area contributed by atoms with Crippen LogP contribution >= 0.6 is 12.2 Å². The first-order valence-corrected chi connectivity index (χ1v) is 14.2. The number of aryl methyl sites for hydroxylation is 1. The maximum absolute atomic E-state index is 13.6. The summed E-state index contributed by atoms with van der Waals surface area (Å²) in [6, 6.07) is 18.9. The van der Waals surface area contributed by atoms with Crippen molar-refractivity contribution in [1.29, 1.82) is 0 Å². The lowest BCUT2D eigenvalue weighted by atomic mass is 10.1. The third-order valence-electron chi connectivity index (χ3n) is 7.55. The van der Waals surface area contributed by atoms with Gasteiger partial charge in [-0.25, -0.2) is 8.78 Å². The first-order valence-electron chi connectivity index (χ1n) is 13.8. The molecular weight excluding hydrogens is 544 g/mol. The summed E-state index contributed by atoms with van der Waals surface area (Å²) in [5.74, 6) is -1.21.